The largest absolute Gasteiger partial charge is 0.508 e. The molecule has 0 aliphatic rings. The van der Waals surface area contributed by atoms with E-state index in [4.69, 9.17) is 4.74 Å². The summed E-state index contributed by atoms with van der Waals surface area (Å²) in [4.78, 5) is 23.6. The van der Waals surface area contributed by atoms with Gasteiger partial charge in [0.1, 0.15) is 11.5 Å². The van der Waals surface area contributed by atoms with Crippen LogP contribution in [0.15, 0.2) is 36.4 Å². The van der Waals surface area contributed by atoms with Crippen LogP contribution in [0, 0.1) is 6.92 Å². The van der Waals surface area contributed by atoms with E-state index in [0.717, 1.165) is 0 Å². The van der Waals surface area contributed by atoms with Crippen molar-refractivity contribution in [3.05, 3.63) is 58.7 Å². The molecule has 0 saturated carbocycles. The maximum absolute atomic E-state index is 12.3. The lowest BCUT2D eigenvalue weighted by molar-refractivity contribution is 0.0695. The van der Waals surface area contributed by atoms with Gasteiger partial charge in [-0.05, 0) is 48.4 Å². The van der Waals surface area contributed by atoms with E-state index in [1.165, 1.54) is 25.3 Å². The molecule has 22 heavy (non-hydrogen) atoms. The number of benzene rings is 2. The standard InChI is InChI=1S/C17H16O5/c1-10-7-12(4-6-15(10)18)16(19)8-11-3-5-13(22-2)9-14(11)17(20)21/h3-7,9,18H,8H2,1-2H3,(H,20,21). The minimum Gasteiger partial charge on any atom is -0.508 e. The predicted octanol–water partition coefficient (Wildman–Crippen LogP) is 2.83. The summed E-state index contributed by atoms with van der Waals surface area (Å²) in [6, 6.07) is 9.16. The normalized spacial score (nSPS) is 10.3. The molecular formula is C17H16O5. The Hall–Kier alpha value is -2.82. The van der Waals surface area contributed by atoms with E-state index in [2.05, 4.69) is 0 Å². The maximum atomic E-state index is 12.3. The first-order valence-corrected chi connectivity index (χ1v) is 6.65. The lowest BCUT2D eigenvalue weighted by Crippen LogP contribution is -2.09. The number of hydrogen-bond donors (Lipinski definition) is 2. The summed E-state index contributed by atoms with van der Waals surface area (Å²) >= 11 is 0. The third kappa shape index (κ3) is 3.25. The van der Waals surface area contributed by atoms with Crippen LogP contribution in [0.5, 0.6) is 11.5 Å². The lowest BCUT2D eigenvalue weighted by atomic mass is 9.97. The van der Waals surface area contributed by atoms with Gasteiger partial charge in [0.05, 0.1) is 12.7 Å². The highest BCUT2D eigenvalue weighted by atomic mass is 16.5. The fourth-order valence-corrected chi connectivity index (χ4v) is 2.14. The zero-order valence-corrected chi connectivity index (χ0v) is 12.3. The minimum atomic E-state index is -1.11. The fourth-order valence-electron chi connectivity index (χ4n) is 2.14. The van der Waals surface area contributed by atoms with Gasteiger partial charge in [-0.15, -0.1) is 0 Å². The molecular weight excluding hydrogens is 284 g/mol. The minimum absolute atomic E-state index is 0.0319. The van der Waals surface area contributed by atoms with Crippen molar-refractivity contribution in [3.63, 3.8) is 0 Å². The third-order valence-corrected chi connectivity index (χ3v) is 3.42. The van der Waals surface area contributed by atoms with Crippen LogP contribution in [0.2, 0.25) is 0 Å². The number of rotatable bonds is 5. The molecule has 114 valence electrons. The summed E-state index contributed by atoms with van der Waals surface area (Å²) in [6.07, 6.45) is -0.0319. The fraction of sp³-hybridized carbons (Fsp3) is 0.176. The number of hydrogen-bond acceptors (Lipinski definition) is 4. The summed E-state index contributed by atoms with van der Waals surface area (Å²) in [5, 5.41) is 18.7. The number of methoxy groups -OCH3 is 1. The Morgan fingerprint density at radius 1 is 1.14 bits per heavy atom. The lowest BCUT2D eigenvalue weighted by Gasteiger charge is -2.09. The molecule has 0 heterocycles. The molecule has 0 aliphatic carbocycles. The number of phenolic OH excluding ortho intramolecular Hbond substituents is 1. The van der Waals surface area contributed by atoms with Crippen LogP contribution in [-0.4, -0.2) is 29.1 Å². The first-order valence-electron chi connectivity index (χ1n) is 6.65. The summed E-state index contributed by atoms with van der Waals surface area (Å²) in [7, 11) is 1.45. The van der Waals surface area contributed by atoms with E-state index in [0.29, 0.717) is 22.4 Å². The molecule has 0 amide bonds. The quantitative estimate of drug-likeness (QED) is 0.829. The molecule has 0 fully saturated rings. The van der Waals surface area contributed by atoms with Crippen LogP contribution in [0.25, 0.3) is 0 Å². The van der Waals surface area contributed by atoms with Gasteiger partial charge in [0.2, 0.25) is 0 Å². The van der Waals surface area contributed by atoms with Crippen LogP contribution < -0.4 is 4.74 Å². The first-order chi connectivity index (χ1) is 10.4. The van der Waals surface area contributed by atoms with Gasteiger partial charge in [-0.25, -0.2) is 4.79 Å². The van der Waals surface area contributed by atoms with E-state index in [1.54, 1.807) is 25.1 Å². The van der Waals surface area contributed by atoms with Crippen LogP contribution in [0.3, 0.4) is 0 Å². The highest BCUT2D eigenvalue weighted by Crippen LogP contribution is 2.21. The number of carbonyl (C=O) groups excluding carboxylic acids is 1. The number of aryl methyl sites for hydroxylation is 1. The highest BCUT2D eigenvalue weighted by molar-refractivity contribution is 6.00. The van der Waals surface area contributed by atoms with E-state index >= 15 is 0 Å². The Bertz CT molecular complexity index is 734. The number of Topliss-reactive ketones (excluding diaryl/α,β-unsaturated/α-hetero) is 1. The monoisotopic (exact) mass is 300 g/mol. The maximum Gasteiger partial charge on any atom is 0.336 e. The van der Waals surface area contributed by atoms with Gasteiger partial charge in [-0.1, -0.05) is 6.07 Å². The van der Waals surface area contributed by atoms with Crippen molar-refractivity contribution in [2.24, 2.45) is 0 Å². The first kappa shape index (κ1) is 15.6. The van der Waals surface area contributed by atoms with Crippen molar-refractivity contribution in [1.29, 1.82) is 0 Å². The molecule has 0 saturated heterocycles. The molecule has 0 atom stereocenters. The van der Waals surface area contributed by atoms with Gasteiger partial charge >= 0.3 is 5.97 Å². The molecule has 0 radical (unpaired) electrons. The topological polar surface area (TPSA) is 83.8 Å². The number of phenols is 1. The van der Waals surface area contributed by atoms with Crippen LogP contribution in [-0.2, 0) is 6.42 Å². The average molecular weight is 300 g/mol. The molecule has 5 heteroatoms. The second-order valence-corrected chi connectivity index (χ2v) is 4.93. The molecule has 0 bridgehead atoms. The van der Waals surface area contributed by atoms with Crippen LogP contribution in [0.1, 0.15) is 31.8 Å². The summed E-state index contributed by atoms with van der Waals surface area (Å²) in [5.74, 6) is -0.777. The van der Waals surface area contributed by atoms with Gasteiger partial charge in [0, 0.05) is 12.0 Å². The third-order valence-electron chi connectivity index (χ3n) is 3.42. The van der Waals surface area contributed by atoms with Gasteiger partial charge in [-0.3, -0.25) is 4.79 Å². The average Bonchev–Trinajstić information content (AvgIpc) is 2.50. The molecule has 5 nitrogen and oxygen atoms in total. The number of carbonyl (C=O) groups is 2. The van der Waals surface area contributed by atoms with Crippen molar-refractivity contribution >= 4 is 11.8 Å². The number of carboxylic acids is 1. The van der Waals surface area contributed by atoms with Gasteiger partial charge in [-0.2, -0.15) is 0 Å². The van der Waals surface area contributed by atoms with Gasteiger partial charge in [0.15, 0.2) is 5.78 Å². The van der Waals surface area contributed by atoms with E-state index in [9.17, 15) is 19.8 Å². The van der Waals surface area contributed by atoms with Gasteiger partial charge < -0.3 is 14.9 Å². The second kappa shape index (κ2) is 6.30. The Morgan fingerprint density at radius 3 is 2.45 bits per heavy atom. The molecule has 2 aromatic rings. The van der Waals surface area contributed by atoms with Crippen molar-refractivity contribution in [3.8, 4) is 11.5 Å². The van der Waals surface area contributed by atoms with Crippen LogP contribution in [0.4, 0.5) is 0 Å². The SMILES string of the molecule is COc1ccc(CC(=O)c2ccc(O)c(C)c2)c(C(=O)O)c1. The Balaban J connectivity index is 2.31. The van der Waals surface area contributed by atoms with Crippen molar-refractivity contribution < 1.29 is 24.5 Å². The zero-order chi connectivity index (χ0) is 16.3. The molecule has 0 spiro atoms. The Labute approximate surface area is 127 Å². The van der Waals surface area contributed by atoms with Crippen molar-refractivity contribution in [2.45, 2.75) is 13.3 Å². The number of ketones is 1. The smallest absolute Gasteiger partial charge is 0.336 e. The molecule has 2 rings (SSSR count). The predicted molar refractivity (Wildman–Crippen MR) is 80.8 cm³/mol. The molecule has 2 aromatic carbocycles. The number of ether oxygens (including phenoxy) is 1. The summed E-state index contributed by atoms with van der Waals surface area (Å²) in [5.41, 5.74) is 1.49. The summed E-state index contributed by atoms with van der Waals surface area (Å²) in [6.45, 7) is 1.70. The number of aromatic hydroxyl groups is 1. The summed E-state index contributed by atoms with van der Waals surface area (Å²) < 4.78 is 5.00. The van der Waals surface area contributed by atoms with E-state index < -0.39 is 5.97 Å². The van der Waals surface area contributed by atoms with Crippen molar-refractivity contribution in [2.75, 3.05) is 7.11 Å². The number of aromatic carboxylic acids is 1. The molecule has 0 unspecified atom stereocenters. The highest BCUT2D eigenvalue weighted by Gasteiger charge is 2.16. The van der Waals surface area contributed by atoms with Crippen LogP contribution >= 0.6 is 0 Å². The van der Waals surface area contributed by atoms with E-state index in [1.807, 2.05) is 0 Å². The van der Waals surface area contributed by atoms with Crippen molar-refractivity contribution in [1.82, 2.24) is 0 Å². The molecule has 0 aromatic heterocycles. The second-order valence-electron chi connectivity index (χ2n) is 4.93. The zero-order valence-electron chi connectivity index (χ0n) is 12.3. The number of carboxylic acid groups (broad SMARTS) is 1. The molecule has 2 N–H and O–H groups in total. The Kier molecular flexibility index (Phi) is 4.46. The van der Waals surface area contributed by atoms with E-state index in [-0.39, 0.29) is 23.5 Å². The molecule has 0 aliphatic heterocycles. The van der Waals surface area contributed by atoms with Gasteiger partial charge in [0.25, 0.3) is 0 Å². The Morgan fingerprint density at radius 2 is 1.86 bits per heavy atom.